The van der Waals surface area contributed by atoms with E-state index in [0.717, 1.165) is 12.8 Å². The number of nitrogens with zero attached hydrogens (tertiary/aromatic N) is 1. The SMILES string of the molecule is Nc1ccc(Cl)nc1NCC1(CO)CCCCC1. The zero-order chi connectivity index (χ0) is 13.0. The van der Waals surface area contributed by atoms with E-state index >= 15 is 0 Å². The highest BCUT2D eigenvalue weighted by atomic mass is 35.5. The van der Waals surface area contributed by atoms with E-state index in [0.29, 0.717) is 23.2 Å². The molecule has 100 valence electrons. The van der Waals surface area contributed by atoms with Gasteiger partial charge in [-0.3, -0.25) is 0 Å². The van der Waals surface area contributed by atoms with Crippen LogP contribution in [0.15, 0.2) is 12.1 Å². The number of anilines is 2. The molecule has 2 rings (SSSR count). The van der Waals surface area contributed by atoms with E-state index in [9.17, 15) is 5.11 Å². The van der Waals surface area contributed by atoms with Crippen molar-refractivity contribution in [2.75, 3.05) is 24.2 Å². The standard InChI is InChI=1S/C13H20ClN3O/c14-11-5-4-10(15)12(17-11)16-8-13(9-18)6-2-1-3-7-13/h4-5,18H,1-3,6-9,15H2,(H,16,17). The molecule has 1 aromatic rings. The Bertz CT molecular complexity index is 405. The van der Waals surface area contributed by atoms with Crippen molar-refractivity contribution in [2.24, 2.45) is 5.41 Å². The Morgan fingerprint density at radius 2 is 2.06 bits per heavy atom. The lowest BCUT2D eigenvalue weighted by Gasteiger charge is -2.35. The maximum atomic E-state index is 9.63. The van der Waals surface area contributed by atoms with Crippen LogP contribution in [0.2, 0.25) is 5.15 Å². The third kappa shape index (κ3) is 3.06. The van der Waals surface area contributed by atoms with Crippen molar-refractivity contribution < 1.29 is 5.11 Å². The summed E-state index contributed by atoms with van der Waals surface area (Å²) in [5.41, 5.74) is 6.40. The van der Waals surface area contributed by atoms with Gasteiger partial charge in [0, 0.05) is 12.0 Å². The fourth-order valence-electron chi connectivity index (χ4n) is 2.55. The molecule has 5 heteroatoms. The average Bonchev–Trinajstić information content (AvgIpc) is 2.41. The number of rotatable bonds is 4. The van der Waals surface area contributed by atoms with Gasteiger partial charge in [0.15, 0.2) is 5.82 Å². The summed E-state index contributed by atoms with van der Waals surface area (Å²) in [7, 11) is 0. The summed E-state index contributed by atoms with van der Waals surface area (Å²) in [6, 6.07) is 3.41. The van der Waals surface area contributed by atoms with Crippen LogP contribution in [-0.2, 0) is 0 Å². The number of halogens is 1. The number of aliphatic hydroxyl groups excluding tert-OH is 1. The summed E-state index contributed by atoms with van der Waals surface area (Å²) in [5.74, 6) is 0.612. The number of nitrogens with two attached hydrogens (primary N) is 1. The van der Waals surface area contributed by atoms with E-state index in [1.165, 1.54) is 19.3 Å². The summed E-state index contributed by atoms with van der Waals surface area (Å²) in [5, 5.41) is 13.3. The van der Waals surface area contributed by atoms with Crippen LogP contribution in [-0.4, -0.2) is 23.2 Å². The lowest BCUT2D eigenvalue weighted by molar-refractivity contribution is 0.0943. The predicted octanol–water partition coefficient (Wildman–Crippen LogP) is 2.67. The molecule has 1 fully saturated rings. The van der Waals surface area contributed by atoms with Gasteiger partial charge in [-0.1, -0.05) is 30.9 Å². The summed E-state index contributed by atoms with van der Waals surface area (Å²) in [4.78, 5) is 4.17. The van der Waals surface area contributed by atoms with Gasteiger partial charge in [0.1, 0.15) is 5.15 Å². The van der Waals surface area contributed by atoms with E-state index in [1.54, 1.807) is 12.1 Å². The number of aromatic nitrogens is 1. The number of hydrogen-bond donors (Lipinski definition) is 3. The molecule has 0 aromatic carbocycles. The van der Waals surface area contributed by atoms with Crippen molar-refractivity contribution in [1.29, 1.82) is 0 Å². The molecule has 0 saturated heterocycles. The summed E-state index contributed by atoms with van der Waals surface area (Å²) < 4.78 is 0. The van der Waals surface area contributed by atoms with Crippen molar-refractivity contribution in [1.82, 2.24) is 4.98 Å². The van der Waals surface area contributed by atoms with Crippen LogP contribution < -0.4 is 11.1 Å². The van der Waals surface area contributed by atoms with Gasteiger partial charge in [-0.15, -0.1) is 0 Å². The van der Waals surface area contributed by atoms with Crippen LogP contribution in [0, 0.1) is 5.41 Å². The molecule has 4 nitrogen and oxygen atoms in total. The number of nitrogen functional groups attached to an aromatic ring is 1. The average molecular weight is 270 g/mol. The summed E-state index contributed by atoms with van der Waals surface area (Å²) >= 11 is 5.85. The van der Waals surface area contributed by atoms with Gasteiger partial charge in [0.25, 0.3) is 0 Å². The molecule has 1 heterocycles. The highest BCUT2D eigenvalue weighted by Crippen LogP contribution is 2.36. The number of pyridine rings is 1. The Kier molecular flexibility index (Phi) is 4.30. The Morgan fingerprint density at radius 3 is 2.72 bits per heavy atom. The minimum absolute atomic E-state index is 0.0330. The van der Waals surface area contributed by atoms with Gasteiger partial charge in [0.05, 0.1) is 12.3 Å². The molecule has 1 aromatic heterocycles. The highest BCUT2D eigenvalue weighted by molar-refractivity contribution is 6.29. The van der Waals surface area contributed by atoms with Crippen molar-refractivity contribution in [3.63, 3.8) is 0 Å². The van der Waals surface area contributed by atoms with Crippen LogP contribution in [0.25, 0.3) is 0 Å². The molecule has 0 spiro atoms. The second kappa shape index (κ2) is 5.76. The van der Waals surface area contributed by atoms with Crippen molar-refractivity contribution in [2.45, 2.75) is 32.1 Å². The fraction of sp³-hybridized carbons (Fsp3) is 0.615. The third-order valence-corrected chi connectivity index (χ3v) is 3.98. The molecule has 18 heavy (non-hydrogen) atoms. The van der Waals surface area contributed by atoms with Crippen molar-refractivity contribution >= 4 is 23.1 Å². The maximum absolute atomic E-state index is 9.63. The monoisotopic (exact) mass is 269 g/mol. The summed E-state index contributed by atoms with van der Waals surface area (Å²) in [6.45, 7) is 0.904. The Morgan fingerprint density at radius 1 is 1.33 bits per heavy atom. The molecule has 0 atom stereocenters. The van der Waals surface area contributed by atoms with Gasteiger partial charge in [-0.2, -0.15) is 0 Å². The van der Waals surface area contributed by atoms with Crippen molar-refractivity contribution in [3.8, 4) is 0 Å². The maximum Gasteiger partial charge on any atom is 0.150 e. The van der Waals surface area contributed by atoms with Gasteiger partial charge >= 0.3 is 0 Å². The van der Waals surface area contributed by atoms with E-state index in [4.69, 9.17) is 17.3 Å². The molecular formula is C13H20ClN3O. The first-order valence-electron chi connectivity index (χ1n) is 6.42. The second-order valence-corrected chi connectivity index (χ2v) is 5.53. The molecular weight excluding hydrogens is 250 g/mol. The molecule has 0 unspecified atom stereocenters. The molecule has 0 radical (unpaired) electrons. The van der Waals surface area contributed by atoms with Gasteiger partial charge in [-0.25, -0.2) is 4.98 Å². The lowest BCUT2D eigenvalue weighted by Crippen LogP contribution is -2.35. The molecule has 1 saturated carbocycles. The normalized spacial score (nSPS) is 18.6. The van der Waals surface area contributed by atoms with Gasteiger partial charge in [-0.05, 0) is 25.0 Å². The Hall–Kier alpha value is -1.00. The smallest absolute Gasteiger partial charge is 0.150 e. The van der Waals surface area contributed by atoms with Crippen LogP contribution >= 0.6 is 11.6 Å². The number of hydrogen-bond acceptors (Lipinski definition) is 4. The highest BCUT2D eigenvalue weighted by Gasteiger charge is 2.31. The van der Waals surface area contributed by atoms with E-state index < -0.39 is 0 Å². The lowest BCUT2D eigenvalue weighted by atomic mass is 9.74. The molecule has 1 aliphatic rings. The molecule has 0 aliphatic heterocycles. The fourth-order valence-corrected chi connectivity index (χ4v) is 2.70. The first kappa shape index (κ1) is 13.4. The first-order valence-corrected chi connectivity index (χ1v) is 6.80. The molecule has 1 aliphatic carbocycles. The minimum Gasteiger partial charge on any atom is -0.396 e. The third-order valence-electron chi connectivity index (χ3n) is 3.77. The first-order chi connectivity index (χ1) is 8.65. The largest absolute Gasteiger partial charge is 0.396 e. The van der Waals surface area contributed by atoms with E-state index in [1.807, 2.05) is 0 Å². The predicted molar refractivity (Wildman–Crippen MR) is 74.8 cm³/mol. The van der Waals surface area contributed by atoms with Crippen LogP contribution in [0.4, 0.5) is 11.5 Å². The van der Waals surface area contributed by atoms with E-state index in [-0.39, 0.29) is 12.0 Å². The van der Waals surface area contributed by atoms with Gasteiger partial charge in [0.2, 0.25) is 0 Å². The number of nitrogens with one attached hydrogen (secondary N) is 1. The molecule has 0 bridgehead atoms. The van der Waals surface area contributed by atoms with Crippen LogP contribution in [0.3, 0.4) is 0 Å². The van der Waals surface area contributed by atoms with E-state index in [2.05, 4.69) is 10.3 Å². The van der Waals surface area contributed by atoms with Crippen LogP contribution in [0.5, 0.6) is 0 Å². The quantitative estimate of drug-likeness (QED) is 0.735. The van der Waals surface area contributed by atoms with Crippen LogP contribution in [0.1, 0.15) is 32.1 Å². The zero-order valence-electron chi connectivity index (χ0n) is 10.5. The van der Waals surface area contributed by atoms with Crippen molar-refractivity contribution in [3.05, 3.63) is 17.3 Å². The number of aliphatic hydroxyl groups is 1. The van der Waals surface area contributed by atoms with Gasteiger partial charge < -0.3 is 16.2 Å². The summed E-state index contributed by atoms with van der Waals surface area (Å²) in [6.07, 6.45) is 5.73. The zero-order valence-corrected chi connectivity index (χ0v) is 11.2. The topological polar surface area (TPSA) is 71.2 Å². The Balaban J connectivity index is 2.03. The molecule has 4 N–H and O–H groups in total. The minimum atomic E-state index is -0.0330. The Labute approximate surface area is 113 Å². The molecule has 0 amide bonds. The second-order valence-electron chi connectivity index (χ2n) is 5.14.